The van der Waals surface area contributed by atoms with Crippen molar-refractivity contribution >= 4 is 0 Å². The number of benzene rings is 2. The zero-order chi connectivity index (χ0) is 14.7. The fourth-order valence-electron chi connectivity index (χ4n) is 2.56. The van der Waals surface area contributed by atoms with Gasteiger partial charge in [0.1, 0.15) is 0 Å². The van der Waals surface area contributed by atoms with E-state index in [1.54, 1.807) is 0 Å². The largest absolute Gasteiger partial charge is 0.252 e. The molecule has 104 valence electrons. The van der Waals surface area contributed by atoms with E-state index in [1.165, 1.54) is 22.3 Å². The van der Waals surface area contributed by atoms with Gasteiger partial charge in [0.25, 0.3) is 0 Å². The minimum absolute atomic E-state index is 0.853. The van der Waals surface area contributed by atoms with Crippen LogP contribution in [0.2, 0.25) is 0 Å². The van der Waals surface area contributed by atoms with Crippen LogP contribution in [0.3, 0.4) is 0 Å². The molecule has 3 rings (SSSR count). The van der Waals surface area contributed by atoms with Gasteiger partial charge < -0.3 is 0 Å². The quantitative estimate of drug-likeness (QED) is 0.666. The Labute approximate surface area is 125 Å². The highest BCUT2D eigenvalue weighted by Crippen LogP contribution is 2.22. The number of rotatable bonds is 3. The maximum atomic E-state index is 4.31. The number of hydrogen-bond donors (Lipinski definition) is 0. The van der Waals surface area contributed by atoms with E-state index in [4.69, 9.17) is 0 Å². The summed E-state index contributed by atoms with van der Waals surface area (Å²) in [6.45, 7) is 5.17. The molecule has 0 spiro atoms. The van der Waals surface area contributed by atoms with Gasteiger partial charge in [0.2, 0.25) is 5.69 Å². The number of hydrogen-bond acceptors (Lipinski definition) is 1. The van der Waals surface area contributed by atoms with E-state index in [0.717, 1.165) is 12.2 Å². The second kappa shape index (κ2) is 5.88. The van der Waals surface area contributed by atoms with Crippen LogP contribution in [0.15, 0.2) is 67.1 Å². The number of aromatic nitrogens is 2. The first-order valence-corrected chi connectivity index (χ1v) is 7.19. The first kappa shape index (κ1) is 13.5. The van der Waals surface area contributed by atoms with Gasteiger partial charge in [0.15, 0.2) is 12.7 Å². The maximum absolute atomic E-state index is 4.31. The molecule has 21 heavy (non-hydrogen) atoms. The van der Waals surface area contributed by atoms with E-state index in [2.05, 4.69) is 65.9 Å². The highest BCUT2D eigenvalue weighted by molar-refractivity contribution is 5.61. The molecule has 0 amide bonds. The van der Waals surface area contributed by atoms with Crippen LogP contribution in [0.4, 0.5) is 0 Å². The molecule has 1 aromatic heterocycles. The van der Waals surface area contributed by atoms with Crippen LogP contribution in [0.25, 0.3) is 11.3 Å². The molecular formula is C19H19N2+. The summed E-state index contributed by atoms with van der Waals surface area (Å²) in [4.78, 5) is 4.31. The molecule has 0 unspecified atom stereocenters. The van der Waals surface area contributed by atoms with Crippen LogP contribution in [-0.2, 0) is 6.54 Å². The van der Waals surface area contributed by atoms with Gasteiger partial charge in [-0.2, -0.15) is 4.57 Å². The van der Waals surface area contributed by atoms with E-state index in [0.29, 0.717) is 0 Å². The van der Waals surface area contributed by atoms with E-state index in [1.807, 2.05) is 24.7 Å². The van der Waals surface area contributed by atoms with Gasteiger partial charge in [0, 0.05) is 5.56 Å². The third-order valence-electron chi connectivity index (χ3n) is 3.92. The summed E-state index contributed by atoms with van der Waals surface area (Å²) < 4.78 is 2.25. The van der Waals surface area contributed by atoms with Gasteiger partial charge in [-0.15, -0.1) is 0 Å². The fraction of sp³-hybridized carbons (Fsp3) is 0.158. The molecule has 0 aliphatic heterocycles. The van der Waals surface area contributed by atoms with Crippen molar-refractivity contribution in [1.29, 1.82) is 0 Å². The van der Waals surface area contributed by atoms with Gasteiger partial charge >= 0.3 is 0 Å². The minimum atomic E-state index is 0.853. The second-order valence-electron chi connectivity index (χ2n) is 5.32. The van der Waals surface area contributed by atoms with Crippen molar-refractivity contribution in [2.45, 2.75) is 20.4 Å². The summed E-state index contributed by atoms with van der Waals surface area (Å²) in [5.41, 5.74) is 6.32. The van der Waals surface area contributed by atoms with Crippen molar-refractivity contribution in [3.05, 3.63) is 83.8 Å². The number of aryl methyl sites for hydroxylation is 1. The highest BCUT2D eigenvalue weighted by atomic mass is 15.0. The summed E-state index contributed by atoms with van der Waals surface area (Å²) in [5, 5.41) is 0. The molecule has 2 aromatic carbocycles. The van der Waals surface area contributed by atoms with Crippen molar-refractivity contribution in [1.82, 2.24) is 4.98 Å². The van der Waals surface area contributed by atoms with Gasteiger partial charge in [-0.1, -0.05) is 42.5 Å². The fourth-order valence-corrected chi connectivity index (χ4v) is 2.56. The SMILES string of the molecule is Cc1cccc(-c2cncc[n+]2Cc2ccccc2)c1C. The summed E-state index contributed by atoms with van der Waals surface area (Å²) in [5.74, 6) is 0. The van der Waals surface area contributed by atoms with Crippen molar-refractivity contribution in [2.75, 3.05) is 0 Å². The molecule has 0 saturated carbocycles. The molecule has 0 aliphatic carbocycles. The smallest absolute Gasteiger partial charge is 0.231 e. The van der Waals surface area contributed by atoms with Crippen molar-refractivity contribution in [3.63, 3.8) is 0 Å². The molecule has 0 N–H and O–H groups in total. The van der Waals surface area contributed by atoms with E-state index in [9.17, 15) is 0 Å². The molecule has 0 aliphatic rings. The molecule has 0 radical (unpaired) electrons. The molecule has 0 bridgehead atoms. The Morgan fingerprint density at radius 2 is 1.76 bits per heavy atom. The molecule has 3 aromatic rings. The van der Waals surface area contributed by atoms with Crippen LogP contribution in [-0.4, -0.2) is 4.98 Å². The lowest BCUT2D eigenvalue weighted by Crippen LogP contribution is -2.36. The molecule has 2 nitrogen and oxygen atoms in total. The van der Waals surface area contributed by atoms with Crippen molar-refractivity contribution < 1.29 is 4.57 Å². The van der Waals surface area contributed by atoms with Crippen LogP contribution >= 0.6 is 0 Å². The zero-order valence-electron chi connectivity index (χ0n) is 12.5. The molecule has 0 atom stereocenters. The molecule has 0 saturated heterocycles. The Bertz CT molecular complexity index is 749. The van der Waals surface area contributed by atoms with Gasteiger partial charge in [-0.3, -0.25) is 4.98 Å². The van der Waals surface area contributed by atoms with Crippen molar-refractivity contribution in [2.24, 2.45) is 0 Å². The Kier molecular flexibility index (Phi) is 3.78. The van der Waals surface area contributed by atoms with Crippen molar-refractivity contribution in [3.8, 4) is 11.3 Å². The zero-order valence-corrected chi connectivity index (χ0v) is 12.5. The van der Waals surface area contributed by atoms with Gasteiger partial charge in [-0.25, -0.2) is 0 Å². The molecule has 2 heteroatoms. The monoisotopic (exact) mass is 275 g/mol. The predicted octanol–water partition coefficient (Wildman–Crippen LogP) is 3.70. The van der Waals surface area contributed by atoms with Gasteiger partial charge in [0.05, 0.1) is 18.0 Å². The third kappa shape index (κ3) is 2.84. The first-order chi connectivity index (χ1) is 10.3. The first-order valence-electron chi connectivity index (χ1n) is 7.19. The lowest BCUT2D eigenvalue weighted by molar-refractivity contribution is -0.678. The summed E-state index contributed by atoms with van der Waals surface area (Å²) in [6.07, 6.45) is 5.84. The lowest BCUT2D eigenvalue weighted by Gasteiger charge is -2.08. The maximum Gasteiger partial charge on any atom is 0.231 e. The Morgan fingerprint density at radius 3 is 2.57 bits per heavy atom. The molecule has 1 heterocycles. The molecular weight excluding hydrogens is 256 g/mol. The Balaban J connectivity index is 2.06. The van der Waals surface area contributed by atoms with E-state index in [-0.39, 0.29) is 0 Å². The molecule has 0 fully saturated rings. The average Bonchev–Trinajstić information content (AvgIpc) is 2.52. The van der Waals surface area contributed by atoms with Crippen LogP contribution in [0.5, 0.6) is 0 Å². The Hall–Kier alpha value is -2.48. The topological polar surface area (TPSA) is 16.8 Å². The Morgan fingerprint density at radius 1 is 0.952 bits per heavy atom. The third-order valence-corrected chi connectivity index (χ3v) is 3.92. The van der Waals surface area contributed by atoms with Crippen LogP contribution < -0.4 is 4.57 Å². The summed E-state index contributed by atoms with van der Waals surface area (Å²) >= 11 is 0. The standard InChI is InChI=1S/C19H19N2/c1-15-7-6-10-18(16(15)2)19-13-20-11-12-21(19)14-17-8-4-3-5-9-17/h3-13H,14H2,1-2H3/q+1. The summed E-state index contributed by atoms with van der Waals surface area (Å²) in [6, 6.07) is 16.9. The van der Waals surface area contributed by atoms with E-state index >= 15 is 0 Å². The van der Waals surface area contributed by atoms with Crippen LogP contribution in [0.1, 0.15) is 16.7 Å². The highest BCUT2D eigenvalue weighted by Gasteiger charge is 2.16. The second-order valence-corrected chi connectivity index (χ2v) is 5.32. The van der Waals surface area contributed by atoms with E-state index < -0.39 is 0 Å². The van der Waals surface area contributed by atoms with Crippen LogP contribution in [0, 0.1) is 13.8 Å². The normalized spacial score (nSPS) is 10.6. The predicted molar refractivity (Wildman–Crippen MR) is 84.9 cm³/mol. The van der Waals surface area contributed by atoms with Gasteiger partial charge in [-0.05, 0) is 31.0 Å². The lowest BCUT2D eigenvalue weighted by atomic mass is 10.0. The minimum Gasteiger partial charge on any atom is -0.252 e. The number of nitrogens with zero attached hydrogens (tertiary/aromatic N) is 2. The summed E-state index contributed by atoms with van der Waals surface area (Å²) in [7, 11) is 0. The average molecular weight is 275 g/mol.